The molecule has 0 saturated heterocycles. The maximum absolute atomic E-state index is 10.9. The minimum absolute atomic E-state index is 0.215. The molecule has 0 radical (unpaired) electrons. The molecule has 1 heterocycles. The van der Waals surface area contributed by atoms with Gasteiger partial charge >= 0.3 is 0 Å². The number of hydrogen-bond acceptors (Lipinski definition) is 3. The number of carbonyl (C=O) groups is 1. The van der Waals surface area contributed by atoms with E-state index >= 15 is 0 Å². The van der Waals surface area contributed by atoms with Crippen LogP contribution >= 0.6 is 11.6 Å². The normalized spacial score (nSPS) is 12.5. The topological polar surface area (TPSA) is 70.7 Å². The summed E-state index contributed by atoms with van der Waals surface area (Å²) in [5.41, 5.74) is 0. The van der Waals surface area contributed by atoms with Crippen LogP contribution in [0.3, 0.4) is 0 Å². The number of amides is 1. The van der Waals surface area contributed by atoms with Crippen LogP contribution in [0, 0.1) is 0 Å². The summed E-state index contributed by atoms with van der Waals surface area (Å²) in [6.07, 6.45) is 1.38. The molecule has 5 nitrogen and oxygen atoms in total. The Hall–Kier alpha value is -1.10. The van der Waals surface area contributed by atoms with Crippen LogP contribution in [0.5, 0.6) is 0 Å². The maximum atomic E-state index is 10.9. The van der Waals surface area contributed by atoms with Crippen molar-refractivity contribution in [3.8, 4) is 0 Å². The first-order valence-electron chi connectivity index (χ1n) is 3.46. The molecule has 0 aliphatic carbocycles. The van der Waals surface area contributed by atoms with Crippen molar-refractivity contribution in [3.05, 3.63) is 12.2 Å². The Kier molecular flexibility index (Phi) is 3.04. The number of carbonyl (C=O) groups excluding carboxylic acids is 1. The summed E-state index contributed by atoms with van der Waals surface area (Å²) in [5, 5.41) is 8.30. The lowest BCUT2D eigenvalue weighted by Crippen LogP contribution is -2.29. The molecule has 0 aliphatic heterocycles. The molecular formula is C6H9ClN4O. The molecule has 0 aliphatic rings. The van der Waals surface area contributed by atoms with Crippen molar-refractivity contribution < 1.29 is 4.79 Å². The van der Waals surface area contributed by atoms with Crippen LogP contribution in [0.25, 0.3) is 0 Å². The molecule has 1 unspecified atom stereocenters. The third-order valence-corrected chi connectivity index (χ3v) is 1.45. The highest BCUT2D eigenvalue weighted by Gasteiger charge is 2.08. The second kappa shape index (κ2) is 4.06. The van der Waals surface area contributed by atoms with E-state index in [-0.39, 0.29) is 5.91 Å². The summed E-state index contributed by atoms with van der Waals surface area (Å²) in [4.78, 5) is 14.8. The van der Waals surface area contributed by atoms with Crippen LogP contribution < -0.4 is 5.32 Å². The Balaban J connectivity index is 2.32. The monoisotopic (exact) mass is 188 g/mol. The van der Waals surface area contributed by atoms with Gasteiger partial charge in [0.15, 0.2) is 0 Å². The van der Waals surface area contributed by atoms with Gasteiger partial charge in [-0.05, 0) is 6.92 Å². The number of nitrogens with zero attached hydrogens (tertiary/aromatic N) is 2. The van der Waals surface area contributed by atoms with Gasteiger partial charge in [-0.3, -0.25) is 9.89 Å². The highest BCUT2D eigenvalue weighted by Crippen LogP contribution is 1.93. The minimum Gasteiger partial charge on any atom is -0.348 e. The summed E-state index contributed by atoms with van der Waals surface area (Å²) in [5.74, 6) is 0.397. The lowest BCUT2D eigenvalue weighted by atomic mass is 10.4. The number of hydrogen-bond donors (Lipinski definition) is 2. The predicted molar refractivity (Wildman–Crippen MR) is 43.5 cm³/mol. The number of aromatic amines is 1. The van der Waals surface area contributed by atoms with Crippen molar-refractivity contribution in [2.24, 2.45) is 0 Å². The Labute approximate surface area is 74.5 Å². The fourth-order valence-corrected chi connectivity index (χ4v) is 0.705. The van der Waals surface area contributed by atoms with Crippen LogP contribution in [0.1, 0.15) is 12.7 Å². The average Bonchev–Trinajstić information content (AvgIpc) is 2.51. The van der Waals surface area contributed by atoms with Gasteiger partial charge in [0.2, 0.25) is 5.91 Å². The SMILES string of the molecule is CC(Cl)C(=O)NCc1ncn[nH]1. The van der Waals surface area contributed by atoms with Gasteiger partial charge in [-0.15, -0.1) is 11.6 Å². The van der Waals surface area contributed by atoms with E-state index in [9.17, 15) is 4.79 Å². The molecule has 1 atom stereocenters. The third kappa shape index (κ3) is 2.50. The average molecular weight is 189 g/mol. The smallest absolute Gasteiger partial charge is 0.238 e. The van der Waals surface area contributed by atoms with Crippen molar-refractivity contribution in [2.75, 3.05) is 0 Å². The van der Waals surface area contributed by atoms with Crippen LogP contribution in [0.15, 0.2) is 6.33 Å². The van der Waals surface area contributed by atoms with Crippen LogP contribution in [-0.2, 0) is 11.3 Å². The molecular weight excluding hydrogens is 180 g/mol. The molecule has 1 aromatic heterocycles. The van der Waals surface area contributed by atoms with Gasteiger partial charge < -0.3 is 5.32 Å². The van der Waals surface area contributed by atoms with E-state index < -0.39 is 5.38 Å². The molecule has 66 valence electrons. The Morgan fingerprint density at radius 3 is 3.17 bits per heavy atom. The zero-order valence-electron chi connectivity index (χ0n) is 6.54. The zero-order valence-corrected chi connectivity index (χ0v) is 7.30. The molecule has 12 heavy (non-hydrogen) atoms. The molecule has 6 heteroatoms. The molecule has 0 saturated carbocycles. The minimum atomic E-state index is -0.520. The van der Waals surface area contributed by atoms with Gasteiger partial charge in [0.25, 0.3) is 0 Å². The first kappa shape index (κ1) is 8.99. The standard InChI is InChI=1S/C6H9ClN4O/c1-4(7)6(12)8-2-5-9-3-10-11-5/h3-4H,2H2,1H3,(H,8,12)(H,9,10,11). The van der Waals surface area contributed by atoms with Crippen LogP contribution in [0.4, 0.5) is 0 Å². The quantitative estimate of drug-likeness (QED) is 0.659. The predicted octanol–water partition coefficient (Wildman–Crippen LogP) is 0.0482. The fraction of sp³-hybridized carbons (Fsp3) is 0.500. The molecule has 0 aromatic carbocycles. The van der Waals surface area contributed by atoms with Crippen molar-refractivity contribution >= 4 is 17.5 Å². The van der Waals surface area contributed by atoms with Gasteiger partial charge in [-0.1, -0.05) is 0 Å². The first-order chi connectivity index (χ1) is 5.70. The molecule has 0 fully saturated rings. The lowest BCUT2D eigenvalue weighted by Gasteiger charge is -2.02. The van der Waals surface area contributed by atoms with Gasteiger partial charge in [0.1, 0.15) is 17.5 Å². The molecule has 1 amide bonds. The number of H-pyrrole nitrogens is 1. The number of rotatable bonds is 3. The van der Waals surface area contributed by atoms with E-state index in [0.29, 0.717) is 12.4 Å². The highest BCUT2D eigenvalue weighted by atomic mass is 35.5. The summed E-state index contributed by atoms with van der Waals surface area (Å²) in [6, 6.07) is 0. The fourth-order valence-electron chi connectivity index (χ4n) is 0.627. The van der Waals surface area contributed by atoms with Gasteiger partial charge in [-0.25, -0.2) is 4.98 Å². The first-order valence-corrected chi connectivity index (χ1v) is 3.90. The van der Waals surface area contributed by atoms with Crippen molar-refractivity contribution in [1.29, 1.82) is 0 Å². The second-order valence-corrected chi connectivity index (χ2v) is 2.92. The Morgan fingerprint density at radius 1 is 1.92 bits per heavy atom. The van der Waals surface area contributed by atoms with Crippen molar-refractivity contribution in [2.45, 2.75) is 18.8 Å². The van der Waals surface area contributed by atoms with Crippen molar-refractivity contribution in [3.63, 3.8) is 0 Å². The third-order valence-electron chi connectivity index (χ3n) is 1.26. The van der Waals surface area contributed by atoms with Gasteiger partial charge in [0, 0.05) is 0 Å². The largest absolute Gasteiger partial charge is 0.348 e. The highest BCUT2D eigenvalue weighted by molar-refractivity contribution is 6.30. The number of halogens is 1. The molecule has 0 bridgehead atoms. The maximum Gasteiger partial charge on any atom is 0.238 e. The van der Waals surface area contributed by atoms with E-state index in [1.807, 2.05) is 0 Å². The zero-order chi connectivity index (χ0) is 8.97. The van der Waals surface area contributed by atoms with Crippen LogP contribution in [0.2, 0.25) is 0 Å². The second-order valence-electron chi connectivity index (χ2n) is 2.27. The number of nitrogens with one attached hydrogen (secondary N) is 2. The van der Waals surface area contributed by atoms with E-state index in [1.165, 1.54) is 6.33 Å². The number of alkyl halides is 1. The summed E-state index contributed by atoms with van der Waals surface area (Å²) < 4.78 is 0. The molecule has 1 rings (SSSR count). The van der Waals surface area contributed by atoms with E-state index in [0.717, 1.165) is 0 Å². The van der Waals surface area contributed by atoms with Crippen LogP contribution in [-0.4, -0.2) is 26.5 Å². The van der Waals surface area contributed by atoms with Crippen molar-refractivity contribution in [1.82, 2.24) is 20.5 Å². The lowest BCUT2D eigenvalue weighted by molar-refractivity contribution is -0.120. The van der Waals surface area contributed by atoms with Gasteiger partial charge in [0.05, 0.1) is 6.54 Å². The van der Waals surface area contributed by atoms with E-state index in [1.54, 1.807) is 6.92 Å². The Bertz CT molecular complexity index is 246. The summed E-state index contributed by atoms with van der Waals surface area (Å²) in [7, 11) is 0. The molecule has 1 aromatic rings. The van der Waals surface area contributed by atoms with E-state index in [2.05, 4.69) is 20.5 Å². The number of aromatic nitrogens is 3. The molecule has 0 spiro atoms. The molecule has 2 N–H and O–H groups in total. The van der Waals surface area contributed by atoms with Gasteiger partial charge in [-0.2, -0.15) is 5.10 Å². The summed E-state index contributed by atoms with van der Waals surface area (Å²) in [6.45, 7) is 1.94. The Morgan fingerprint density at radius 2 is 2.67 bits per heavy atom. The summed E-state index contributed by atoms with van der Waals surface area (Å²) >= 11 is 5.51. The van der Waals surface area contributed by atoms with E-state index in [4.69, 9.17) is 11.6 Å².